The van der Waals surface area contributed by atoms with Crippen molar-refractivity contribution in [2.24, 2.45) is 11.3 Å². The van der Waals surface area contributed by atoms with Gasteiger partial charge in [-0.15, -0.1) is 11.6 Å². The molecule has 0 unspecified atom stereocenters. The minimum Gasteiger partial charge on any atom is -0.198 e. The van der Waals surface area contributed by atoms with Crippen LogP contribution in [0.2, 0.25) is 0 Å². The summed E-state index contributed by atoms with van der Waals surface area (Å²) in [5.74, 6) is 1.58. The molecule has 1 rings (SSSR count). The summed E-state index contributed by atoms with van der Waals surface area (Å²) in [4.78, 5) is 0. The summed E-state index contributed by atoms with van der Waals surface area (Å²) >= 11 is 5.71. The van der Waals surface area contributed by atoms with Crippen LogP contribution in [0.5, 0.6) is 0 Å². The Morgan fingerprint density at radius 1 is 1.40 bits per heavy atom. The number of hydrogen-bond acceptors (Lipinski definition) is 1. The summed E-state index contributed by atoms with van der Waals surface area (Å²) < 4.78 is 0. The van der Waals surface area contributed by atoms with E-state index in [0.717, 1.165) is 31.6 Å². The fraction of sp³-hybridized carbons (Fsp3) is 0.923. The molecular weight excluding hydrogens is 206 g/mol. The molecule has 0 aliphatic heterocycles. The van der Waals surface area contributed by atoms with Gasteiger partial charge in [-0.1, -0.05) is 19.8 Å². The van der Waals surface area contributed by atoms with Crippen LogP contribution in [0.4, 0.5) is 0 Å². The molecule has 0 saturated heterocycles. The van der Waals surface area contributed by atoms with Crippen LogP contribution < -0.4 is 0 Å². The Labute approximate surface area is 98.8 Å². The Balaban J connectivity index is 2.41. The van der Waals surface area contributed by atoms with Gasteiger partial charge in [-0.25, -0.2) is 0 Å². The fourth-order valence-corrected chi connectivity index (χ4v) is 2.88. The van der Waals surface area contributed by atoms with Crippen LogP contribution in [0.25, 0.3) is 0 Å². The van der Waals surface area contributed by atoms with Gasteiger partial charge in [0, 0.05) is 5.88 Å². The third kappa shape index (κ3) is 3.68. The summed E-state index contributed by atoms with van der Waals surface area (Å²) in [6.07, 6.45) is 9.34. The molecule has 0 aromatic heterocycles. The number of nitriles is 1. The van der Waals surface area contributed by atoms with E-state index < -0.39 is 0 Å². The Hall–Kier alpha value is -0.220. The normalized spacial score (nSPS) is 31.1. The third-order valence-corrected chi connectivity index (χ3v) is 4.05. The maximum Gasteiger partial charge on any atom is 0.0689 e. The molecule has 15 heavy (non-hydrogen) atoms. The molecule has 0 heterocycles. The van der Waals surface area contributed by atoms with Crippen molar-refractivity contribution in [3.63, 3.8) is 0 Å². The second kappa shape index (κ2) is 6.38. The Bertz CT molecular complexity index is 211. The minimum absolute atomic E-state index is 0.0286. The van der Waals surface area contributed by atoms with E-state index in [0.29, 0.717) is 5.88 Å². The van der Waals surface area contributed by atoms with E-state index in [4.69, 9.17) is 11.6 Å². The molecule has 0 radical (unpaired) electrons. The number of halogens is 1. The second-order valence-corrected chi connectivity index (χ2v) is 5.29. The molecule has 86 valence electrons. The van der Waals surface area contributed by atoms with Crippen LogP contribution in [-0.4, -0.2) is 5.88 Å². The molecule has 1 aliphatic rings. The predicted octanol–water partition coefficient (Wildman–Crippen LogP) is 4.51. The molecule has 0 bridgehead atoms. The summed E-state index contributed by atoms with van der Waals surface area (Å²) in [5.41, 5.74) is -0.0286. The molecule has 1 aliphatic carbocycles. The first kappa shape index (κ1) is 12.8. The van der Waals surface area contributed by atoms with Gasteiger partial charge in [0.1, 0.15) is 0 Å². The summed E-state index contributed by atoms with van der Waals surface area (Å²) in [6, 6.07) is 2.56. The van der Waals surface area contributed by atoms with Gasteiger partial charge >= 0.3 is 0 Å². The van der Waals surface area contributed by atoms with Gasteiger partial charge in [0.2, 0.25) is 0 Å². The quantitative estimate of drug-likeness (QED) is 0.635. The van der Waals surface area contributed by atoms with Crippen LogP contribution in [0.15, 0.2) is 0 Å². The Morgan fingerprint density at radius 3 is 2.53 bits per heavy atom. The van der Waals surface area contributed by atoms with Crippen molar-refractivity contribution in [2.75, 3.05) is 5.88 Å². The van der Waals surface area contributed by atoms with Crippen molar-refractivity contribution in [3.8, 4) is 6.07 Å². The van der Waals surface area contributed by atoms with E-state index in [1.807, 2.05) is 0 Å². The smallest absolute Gasteiger partial charge is 0.0689 e. The van der Waals surface area contributed by atoms with E-state index in [1.54, 1.807) is 0 Å². The first-order chi connectivity index (χ1) is 7.26. The lowest BCUT2D eigenvalue weighted by molar-refractivity contribution is 0.189. The highest BCUT2D eigenvalue weighted by molar-refractivity contribution is 6.17. The molecular formula is C13H22ClN. The van der Waals surface area contributed by atoms with Crippen LogP contribution >= 0.6 is 11.6 Å². The number of alkyl halides is 1. The standard InChI is InChI=1S/C13H22ClN/c1-2-4-12-5-8-13(11-15,9-6-12)7-3-10-14/h12H,2-10H2,1H3. The highest BCUT2D eigenvalue weighted by Crippen LogP contribution is 2.43. The molecule has 1 fully saturated rings. The van der Waals surface area contributed by atoms with Crippen molar-refractivity contribution >= 4 is 11.6 Å². The lowest BCUT2D eigenvalue weighted by Gasteiger charge is -2.34. The van der Waals surface area contributed by atoms with Crippen LogP contribution in [0.3, 0.4) is 0 Å². The zero-order valence-corrected chi connectivity index (χ0v) is 10.5. The highest BCUT2D eigenvalue weighted by atomic mass is 35.5. The Kier molecular flexibility index (Phi) is 5.47. The molecule has 0 N–H and O–H groups in total. The zero-order chi connectivity index (χ0) is 11.1. The zero-order valence-electron chi connectivity index (χ0n) is 9.77. The van der Waals surface area contributed by atoms with Crippen LogP contribution in [-0.2, 0) is 0 Å². The minimum atomic E-state index is -0.0286. The van der Waals surface area contributed by atoms with E-state index in [9.17, 15) is 5.26 Å². The monoisotopic (exact) mass is 227 g/mol. The topological polar surface area (TPSA) is 23.8 Å². The van der Waals surface area contributed by atoms with E-state index in [1.165, 1.54) is 25.7 Å². The van der Waals surface area contributed by atoms with Crippen molar-refractivity contribution in [3.05, 3.63) is 0 Å². The average Bonchev–Trinajstić information content (AvgIpc) is 2.29. The lowest BCUT2D eigenvalue weighted by atomic mass is 9.68. The molecule has 0 aromatic rings. The number of nitrogens with zero attached hydrogens (tertiary/aromatic N) is 1. The second-order valence-electron chi connectivity index (χ2n) is 4.92. The van der Waals surface area contributed by atoms with Crippen LogP contribution in [0.1, 0.15) is 58.3 Å². The molecule has 1 nitrogen and oxygen atoms in total. The first-order valence-electron chi connectivity index (χ1n) is 6.23. The third-order valence-electron chi connectivity index (χ3n) is 3.79. The van der Waals surface area contributed by atoms with Crippen LogP contribution in [0, 0.1) is 22.7 Å². The summed E-state index contributed by atoms with van der Waals surface area (Å²) in [5, 5.41) is 9.29. The van der Waals surface area contributed by atoms with Gasteiger partial charge in [0.15, 0.2) is 0 Å². The average molecular weight is 228 g/mol. The van der Waals surface area contributed by atoms with E-state index in [-0.39, 0.29) is 5.41 Å². The van der Waals surface area contributed by atoms with Gasteiger partial charge < -0.3 is 0 Å². The maximum atomic E-state index is 9.29. The predicted molar refractivity (Wildman–Crippen MR) is 64.9 cm³/mol. The van der Waals surface area contributed by atoms with E-state index >= 15 is 0 Å². The van der Waals surface area contributed by atoms with Crippen molar-refractivity contribution < 1.29 is 0 Å². The molecule has 2 heteroatoms. The van der Waals surface area contributed by atoms with Crippen molar-refractivity contribution in [2.45, 2.75) is 58.3 Å². The molecule has 0 aromatic carbocycles. The SMILES string of the molecule is CCCC1CCC(C#N)(CCCCl)CC1. The number of rotatable bonds is 5. The number of hydrogen-bond donors (Lipinski definition) is 0. The molecule has 1 saturated carbocycles. The van der Waals surface area contributed by atoms with Gasteiger partial charge in [-0.05, 0) is 44.4 Å². The van der Waals surface area contributed by atoms with E-state index in [2.05, 4.69) is 13.0 Å². The van der Waals surface area contributed by atoms with Gasteiger partial charge in [0.05, 0.1) is 11.5 Å². The van der Waals surface area contributed by atoms with Crippen molar-refractivity contribution in [1.82, 2.24) is 0 Å². The maximum absolute atomic E-state index is 9.29. The largest absolute Gasteiger partial charge is 0.198 e. The Morgan fingerprint density at radius 2 is 2.07 bits per heavy atom. The molecule has 0 atom stereocenters. The van der Waals surface area contributed by atoms with Crippen molar-refractivity contribution in [1.29, 1.82) is 5.26 Å². The molecule has 0 amide bonds. The molecule has 0 spiro atoms. The van der Waals surface area contributed by atoms with Gasteiger partial charge in [-0.2, -0.15) is 5.26 Å². The fourth-order valence-electron chi connectivity index (χ4n) is 2.75. The lowest BCUT2D eigenvalue weighted by Crippen LogP contribution is -2.26. The first-order valence-corrected chi connectivity index (χ1v) is 6.77. The highest BCUT2D eigenvalue weighted by Gasteiger charge is 2.34. The van der Waals surface area contributed by atoms with Gasteiger partial charge in [-0.3, -0.25) is 0 Å². The summed E-state index contributed by atoms with van der Waals surface area (Å²) in [6.45, 7) is 2.25. The van der Waals surface area contributed by atoms with Gasteiger partial charge in [0.25, 0.3) is 0 Å². The summed E-state index contributed by atoms with van der Waals surface area (Å²) in [7, 11) is 0.